The molecule has 0 saturated carbocycles. The maximum atomic E-state index is 14.2. The second kappa shape index (κ2) is 15.4. The molecule has 10 nitrogen and oxygen atoms in total. The zero-order valence-corrected chi connectivity index (χ0v) is 35.4. The number of aromatic nitrogens is 4. The van der Waals surface area contributed by atoms with Gasteiger partial charge in [0.2, 0.25) is 0 Å². The molecule has 0 unspecified atom stereocenters. The predicted octanol–water partition coefficient (Wildman–Crippen LogP) is 11.4. The molecule has 4 aliphatic rings. The minimum Gasteiger partial charge on any atom is -0.355 e. The summed E-state index contributed by atoms with van der Waals surface area (Å²) in [5, 5.41) is 0.763. The van der Waals surface area contributed by atoms with Crippen molar-refractivity contribution in [3.8, 4) is 22.3 Å². The number of aryl methyl sites for hydroxylation is 1. The van der Waals surface area contributed by atoms with Crippen LogP contribution in [0.4, 0.5) is 0 Å². The highest BCUT2D eigenvalue weighted by Crippen LogP contribution is 2.39. The fourth-order valence-electron chi connectivity index (χ4n) is 9.38. The molecule has 0 fully saturated rings. The van der Waals surface area contributed by atoms with Gasteiger partial charge < -0.3 is 9.97 Å². The fourth-order valence-corrected chi connectivity index (χ4v) is 9.38. The van der Waals surface area contributed by atoms with Crippen molar-refractivity contribution in [2.75, 3.05) is 6.54 Å². The first-order valence-corrected chi connectivity index (χ1v) is 21.8. The highest BCUT2D eigenvalue weighted by molar-refractivity contribution is 6.33. The Kier molecular flexibility index (Phi) is 9.38. The van der Waals surface area contributed by atoms with Crippen molar-refractivity contribution >= 4 is 80.8 Å². The largest absolute Gasteiger partial charge is 0.355 e. The minimum atomic E-state index is -0.466. The summed E-state index contributed by atoms with van der Waals surface area (Å²) in [6.45, 7) is 4.56. The third-order valence-electron chi connectivity index (χ3n) is 12.6. The second-order valence-electron chi connectivity index (χ2n) is 16.9. The Bertz CT molecular complexity index is 3220. The lowest BCUT2D eigenvalue weighted by Crippen LogP contribution is -2.43. The van der Waals surface area contributed by atoms with Gasteiger partial charge in [0.05, 0.1) is 29.3 Å². The maximum Gasteiger partial charge on any atom is 0.261 e. The van der Waals surface area contributed by atoms with Gasteiger partial charge in [0.15, 0.2) is 0 Å². The van der Waals surface area contributed by atoms with Crippen molar-refractivity contribution in [3.05, 3.63) is 165 Å². The van der Waals surface area contributed by atoms with Crippen LogP contribution in [0.5, 0.6) is 0 Å². The Morgan fingerprint density at radius 2 is 0.984 bits per heavy atom. The lowest BCUT2D eigenvalue weighted by Gasteiger charge is -2.32. The van der Waals surface area contributed by atoms with Crippen molar-refractivity contribution in [2.24, 2.45) is 0 Å². The number of hydrogen-bond acceptors (Lipinski definition) is 6. The Labute approximate surface area is 368 Å². The number of nitrogens with one attached hydrogen (secondary N) is 2. The van der Waals surface area contributed by atoms with Crippen molar-refractivity contribution in [2.45, 2.75) is 46.1 Å². The standard InChI is InChI=1S/C54H42N6O4/c1-3-4-5-6-27-59-51(61)39-19-21-41-50-42(22-20-40(49(39)50)52(59)62)54(64)60(53(41)63)30-32-9-13-34(14-10-32)48-45-25-17-37(57-45)28-35-15-23-43(55-35)47(33-11-7-31(2)8-12-33)44-24-16-36(56-44)29-38-18-26-46(48)58-38/h7-26,28-29,57-58H,3-6,27,30H2,1-2H3. The number of aromatic amines is 2. The molecular weight excluding hydrogens is 797 g/mol. The van der Waals surface area contributed by atoms with Crippen LogP contribution in [-0.2, 0) is 6.54 Å². The van der Waals surface area contributed by atoms with Crippen LogP contribution in [0.3, 0.4) is 0 Å². The molecule has 11 rings (SSSR count). The van der Waals surface area contributed by atoms with Gasteiger partial charge in [-0.15, -0.1) is 0 Å². The van der Waals surface area contributed by atoms with Crippen molar-refractivity contribution in [1.29, 1.82) is 0 Å². The normalized spacial score (nSPS) is 14.1. The number of carbonyl (C=O) groups is 4. The van der Waals surface area contributed by atoms with Crippen LogP contribution in [0.25, 0.3) is 79.4 Å². The van der Waals surface area contributed by atoms with E-state index >= 15 is 0 Å². The lowest BCUT2D eigenvalue weighted by molar-refractivity contribution is 0.0581. The van der Waals surface area contributed by atoms with Gasteiger partial charge in [-0.3, -0.25) is 29.0 Å². The summed E-state index contributed by atoms with van der Waals surface area (Å²) in [6, 6.07) is 35.1. The van der Waals surface area contributed by atoms with E-state index in [-0.39, 0.29) is 18.4 Å². The first-order valence-electron chi connectivity index (χ1n) is 21.8. The van der Waals surface area contributed by atoms with Crippen LogP contribution in [-0.4, -0.2) is 59.9 Å². The van der Waals surface area contributed by atoms with E-state index in [2.05, 4.69) is 60.2 Å². The molecule has 4 aromatic carbocycles. The van der Waals surface area contributed by atoms with Crippen LogP contribution < -0.4 is 0 Å². The summed E-state index contributed by atoms with van der Waals surface area (Å²) < 4.78 is 0. The zero-order chi connectivity index (χ0) is 43.6. The van der Waals surface area contributed by atoms with Crippen molar-refractivity contribution in [3.63, 3.8) is 0 Å². The molecule has 8 bridgehead atoms. The van der Waals surface area contributed by atoms with E-state index < -0.39 is 11.8 Å². The molecule has 312 valence electrons. The molecule has 3 aromatic heterocycles. The average molecular weight is 839 g/mol. The van der Waals surface area contributed by atoms with Gasteiger partial charge in [-0.25, -0.2) is 9.97 Å². The summed E-state index contributed by atoms with van der Waals surface area (Å²) in [6.07, 6.45) is 11.8. The van der Waals surface area contributed by atoms with E-state index in [0.717, 1.165) is 98.3 Å². The molecule has 0 aliphatic carbocycles. The SMILES string of the molecule is CCCCCCN1C(=O)c2ccc3c4c(ccc(c24)C1=O)C(=O)N(Cc1ccc(-c2c4ccc(cc5nc(c(-c6ccc(C)cc6)c6nc(cc7ccc2[nH]7)C=C6)C=C5)[nH]4)cc1)C3=O. The maximum absolute atomic E-state index is 14.2. The number of imide groups is 2. The van der Waals surface area contributed by atoms with E-state index in [9.17, 15) is 19.2 Å². The molecule has 2 N–H and O–H groups in total. The third kappa shape index (κ3) is 6.57. The summed E-state index contributed by atoms with van der Waals surface area (Å²) >= 11 is 0. The molecule has 0 radical (unpaired) electrons. The van der Waals surface area contributed by atoms with Gasteiger partial charge in [-0.2, -0.15) is 0 Å². The number of benzene rings is 4. The number of hydrogen-bond donors (Lipinski definition) is 2. The highest BCUT2D eigenvalue weighted by Gasteiger charge is 2.39. The van der Waals surface area contributed by atoms with E-state index in [1.807, 2.05) is 72.8 Å². The van der Waals surface area contributed by atoms with Gasteiger partial charge in [-0.05, 0) is 115 Å². The predicted molar refractivity (Wildman–Crippen MR) is 252 cm³/mol. The van der Waals surface area contributed by atoms with Gasteiger partial charge in [0.1, 0.15) is 0 Å². The van der Waals surface area contributed by atoms with Gasteiger partial charge in [-0.1, -0.05) is 80.3 Å². The number of carbonyl (C=O) groups excluding carboxylic acids is 4. The number of H-pyrrole nitrogens is 2. The molecule has 0 spiro atoms. The number of rotatable bonds is 9. The molecule has 10 heteroatoms. The first-order chi connectivity index (χ1) is 31.2. The van der Waals surface area contributed by atoms with Gasteiger partial charge >= 0.3 is 0 Å². The Balaban J connectivity index is 0.933. The Morgan fingerprint density at radius 1 is 0.500 bits per heavy atom. The fraction of sp³-hybridized carbons (Fsp3) is 0.148. The number of amides is 4. The summed E-state index contributed by atoms with van der Waals surface area (Å²) in [4.78, 5) is 75.5. The van der Waals surface area contributed by atoms with Crippen LogP contribution >= 0.6 is 0 Å². The molecule has 4 amide bonds. The van der Waals surface area contributed by atoms with E-state index in [0.29, 0.717) is 39.6 Å². The van der Waals surface area contributed by atoms with Gasteiger partial charge in [0, 0.05) is 72.8 Å². The summed E-state index contributed by atoms with van der Waals surface area (Å²) in [7, 11) is 0. The zero-order valence-electron chi connectivity index (χ0n) is 35.4. The number of unbranched alkanes of at least 4 members (excludes halogenated alkanes) is 3. The van der Waals surface area contributed by atoms with Crippen LogP contribution in [0, 0.1) is 6.92 Å². The quantitative estimate of drug-likeness (QED) is 0.110. The average Bonchev–Trinajstić information content (AvgIpc) is 4.15. The van der Waals surface area contributed by atoms with E-state index in [1.165, 1.54) is 15.4 Å². The smallest absolute Gasteiger partial charge is 0.261 e. The van der Waals surface area contributed by atoms with Gasteiger partial charge in [0.25, 0.3) is 23.6 Å². The Hall–Kier alpha value is -7.98. The molecular formula is C54H42N6O4. The minimum absolute atomic E-state index is 0.0384. The first kappa shape index (κ1) is 38.9. The Morgan fingerprint density at radius 3 is 1.50 bits per heavy atom. The van der Waals surface area contributed by atoms with Crippen molar-refractivity contribution in [1.82, 2.24) is 29.7 Å². The molecule has 64 heavy (non-hydrogen) atoms. The lowest BCUT2D eigenvalue weighted by atomic mass is 9.85. The second-order valence-corrected chi connectivity index (χ2v) is 16.9. The molecule has 7 heterocycles. The summed E-state index contributed by atoms with van der Waals surface area (Å²) in [5.41, 5.74) is 14.0. The van der Waals surface area contributed by atoms with Crippen molar-refractivity contribution < 1.29 is 19.2 Å². The molecule has 0 atom stereocenters. The van der Waals surface area contributed by atoms with Crippen LogP contribution in [0.2, 0.25) is 0 Å². The third-order valence-corrected chi connectivity index (χ3v) is 12.6. The highest BCUT2D eigenvalue weighted by atomic mass is 16.2. The summed E-state index contributed by atoms with van der Waals surface area (Å²) in [5.74, 6) is -1.71. The number of fused-ring (bicyclic) bond motifs is 8. The molecule has 4 aliphatic heterocycles. The van der Waals surface area contributed by atoms with E-state index in [4.69, 9.17) is 9.97 Å². The van der Waals surface area contributed by atoms with Crippen LogP contribution in [0.1, 0.15) is 108 Å². The monoisotopic (exact) mass is 838 g/mol. The molecule has 7 aromatic rings. The van der Waals surface area contributed by atoms with E-state index in [1.54, 1.807) is 24.3 Å². The molecule has 0 saturated heterocycles. The number of nitrogens with zero attached hydrogens (tertiary/aromatic N) is 4. The topological polar surface area (TPSA) is 132 Å². The van der Waals surface area contributed by atoms with Crippen LogP contribution in [0.15, 0.2) is 109 Å².